The van der Waals surface area contributed by atoms with Crippen LogP contribution in [0.4, 0.5) is 13.2 Å². The first-order chi connectivity index (χ1) is 13.3. The van der Waals surface area contributed by atoms with E-state index in [-0.39, 0.29) is 12.2 Å². The number of alkyl halides is 3. The number of amides is 1. The van der Waals surface area contributed by atoms with Gasteiger partial charge in [-0.1, -0.05) is 41.9 Å². The number of likely N-dealkylation sites (N-methyl/N-ethyl adjacent to an activating group) is 1. The minimum atomic E-state index is -4.75. The zero-order chi connectivity index (χ0) is 20.3. The van der Waals surface area contributed by atoms with Crippen LogP contribution in [0.3, 0.4) is 0 Å². The maximum Gasteiger partial charge on any atom is 0.434 e. The Balaban J connectivity index is 1.88. The van der Waals surface area contributed by atoms with E-state index in [1.54, 1.807) is 0 Å². The summed E-state index contributed by atoms with van der Waals surface area (Å²) in [5.41, 5.74) is -0.429. The van der Waals surface area contributed by atoms with Crippen molar-refractivity contribution in [2.24, 2.45) is 0 Å². The molecule has 0 aliphatic carbocycles. The van der Waals surface area contributed by atoms with Gasteiger partial charge >= 0.3 is 6.18 Å². The fourth-order valence-corrected chi connectivity index (χ4v) is 2.93. The van der Waals surface area contributed by atoms with Crippen molar-refractivity contribution in [1.82, 2.24) is 14.7 Å². The molecule has 0 unspecified atom stereocenters. The lowest BCUT2D eigenvalue weighted by Crippen LogP contribution is -2.30. The Morgan fingerprint density at radius 1 is 1.11 bits per heavy atom. The Hall–Kier alpha value is -2.80. The first-order valence-electron chi connectivity index (χ1n) is 8.48. The van der Waals surface area contributed by atoms with Gasteiger partial charge in [-0.15, -0.1) is 0 Å². The first-order valence-corrected chi connectivity index (χ1v) is 8.85. The van der Waals surface area contributed by atoms with Crippen molar-refractivity contribution >= 4 is 17.5 Å². The Bertz CT molecular complexity index is 953. The highest BCUT2D eigenvalue weighted by atomic mass is 35.5. The molecule has 0 bridgehead atoms. The van der Waals surface area contributed by atoms with Crippen LogP contribution >= 0.6 is 11.6 Å². The van der Waals surface area contributed by atoms with Gasteiger partial charge in [0.15, 0.2) is 5.69 Å². The molecule has 4 nitrogen and oxygen atoms in total. The summed E-state index contributed by atoms with van der Waals surface area (Å²) in [5, 5.41) is 4.20. The molecule has 0 saturated carbocycles. The minimum absolute atomic E-state index is 0.169. The zero-order valence-corrected chi connectivity index (χ0v) is 15.7. The third-order valence-corrected chi connectivity index (χ3v) is 4.52. The van der Waals surface area contributed by atoms with Crippen molar-refractivity contribution in [3.63, 3.8) is 0 Å². The number of nitrogens with zero attached hydrogens (tertiary/aromatic N) is 3. The topological polar surface area (TPSA) is 38.1 Å². The second-order valence-corrected chi connectivity index (χ2v) is 6.69. The van der Waals surface area contributed by atoms with Crippen LogP contribution < -0.4 is 0 Å². The molecule has 0 atom stereocenters. The van der Waals surface area contributed by atoms with Crippen molar-refractivity contribution in [3.8, 4) is 5.69 Å². The van der Waals surface area contributed by atoms with Crippen molar-refractivity contribution in [1.29, 1.82) is 0 Å². The quantitative estimate of drug-likeness (QED) is 0.606. The van der Waals surface area contributed by atoms with Gasteiger partial charge in [0.25, 0.3) is 5.91 Å². The van der Waals surface area contributed by atoms with Crippen molar-refractivity contribution in [2.45, 2.75) is 12.6 Å². The highest BCUT2D eigenvalue weighted by Crippen LogP contribution is 2.34. The lowest BCUT2D eigenvalue weighted by atomic mass is 10.1. The molecule has 28 heavy (non-hydrogen) atoms. The van der Waals surface area contributed by atoms with Crippen LogP contribution in [0, 0.1) is 0 Å². The number of carbonyl (C=O) groups is 1. The first kappa shape index (κ1) is 19.9. The van der Waals surface area contributed by atoms with Gasteiger partial charge in [-0.3, -0.25) is 4.79 Å². The molecule has 2 aromatic carbocycles. The number of hydrogen-bond acceptors (Lipinski definition) is 2. The van der Waals surface area contributed by atoms with Gasteiger partial charge in [0.05, 0.1) is 17.4 Å². The van der Waals surface area contributed by atoms with Gasteiger partial charge in [0, 0.05) is 18.6 Å². The molecule has 0 N–H and O–H groups in total. The standard InChI is InChI=1S/C20H17ClF3N3O/c1-26(12-11-14-5-3-2-4-6-14)19(28)17-13-25-27(18(17)20(22,23)24)16-9-7-15(21)8-10-16/h2-10,13H,11-12H2,1H3. The van der Waals surface area contributed by atoms with Gasteiger partial charge < -0.3 is 4.90 Å². The van der Waals surface area contributed by atoms with E-state index in [0.29, 0.717) is 16.1 Å². The largest absolute Gasteiger partial charge is 0.434 e. The normalized spacial score (nSPS) is 11.5. The second kappa shape index (κ2) is 8.06. The summed E-state index contributed by atoms with van der Waals surface area (Å²) in [6, 6.07) is 15.2. The zero-order valence-electron chi connectivity index (χ0n) is 14.9. The fraction of sp³-hybridized carbons (Fsp3) is 0.200. The molecule has 0 aliphatic rings. The Labute approximate surface area is 165 Å². The molecule has 1 aromatic heterocycles. The number of halogens is 4. The van der Waals surface area contributed by atoms with Gasteiger partial charge in [-0.25, -0.2) is 4.68 Å². The van der Waals surface area contributed by atoms with E-state index in [1.807, 2.05) is 30.3 Å². The van der Waals surface area contributed by atoms with E-state index < -0.39 is 23.3 Å². The van der Waals surface area contributed by atoms with Crippen molar-refractivity contribution in [2.75, 3.05) is 13.6 Å². The SMILES string of the molecule is CN(CCc1ccccc1)C(=O)c1cnn(-c2ccc(Cl)cc2)c1C(F)(F)F. The number of carbonyl (C=O) groups excluding carboxylic acids is 1. The van der Waals surface area contributed by atoms with Crippen LogP contribution in [0.25, 0.3) is 5.69 Å². The van der Waals surface area contributed by atoms with Crippen LogP contribution in [-0.4, -0.2) is 34.2 Å². The molecule has 0 radical (unpaired) electrons. The number of rotatable bonds is 5. The summed E-state index contributed by atoms with van der Waals surface area (Å²) in [6.07, 6.45) is -3.25. The molecular weight excluding hydrogens is 391 g/mol. The summed E-state index contributed by atoms with van der Waals surface area (Å²) >= 11 is 5.80. The average molecular weight is 408 g/mol. The second-order valence-electron chi connectivity index (χ2n) is 6.26. The van der Waals surface area contributed by atoms with Gasteiger partial charge in [-0.05, 0) is 36.2 Å². The molecule has 0 saturated heterocycles. The minimum Gasteiger partial charge on any atom is -0.341 e. The van der Waals surface area contributed by atoms with Crippen molar-refractivity contribution in [3.05, 3.63) is 82.6 Å². The maximum absolute atomic E-state index is 13.7. The molecule has 0 fully saturated rings. The number of aromatic nitrogens is 2. The maximum atomic E-state index is 13.7. The Kier molecular flexibility index (Phi) is 5.74. The van der Waals surface area contributed by atoms with E-state index in [9.17, 15) is 18.0 Å². The van der Waals surface area contributed by atoms with E-state index in [0.717, 1.165) is 11.8 Å². The molecule has 0 spiro atoms. The van der Waals surface area contributed by atoms with E-state index in [1.165, 1.54) is 36.2 Å². The third kappa shape index (κ3) is 4.36. The van der Waals surface area contributed by atoms with Gasteiger partial charge in [-0.2, -0.15) is 18.3 Å². The van der Waals surface area contributed by atoms with E-state index >= 15 is 0 Å². The molecule has 0 aliphatic heterocycles. The fourth-order valence-electron chi connectivity index (χ4n) is 2.80. The summed E-state index contributed by atoms with van der Waals surface area (Å²) in [6.45, 7) is 0.284. The average Bonchev–Trinajstić information content (AvgIpc) is 3.12. The molecular formula is C20H17ClF3N3O. The summed E-state index contributed by atoms with van der Waals surface area (Å²) in [5.74, 6) is -0.733. The van der Waals surface area contributed by atoms with E-state index in [2.05, 4.69) is 5.10 Å². The summed E-state index contributed by atoms with van der Waals surface area (Å²) in [4.78, 5) is 14.0. The van der Waals surface area contributed by atoms with Crippen LogP contribution in [0.5, 0.6) is 0 Å². The molecule has 146 valence electrons. The lowest BCUT2D eigenvalue weighted by Gasteiger charge is -2.18. The highest BCUT2D eigenvalue weighted by molar-refractivity contribution is 6.30. The molecule has 3 aromatic rings. The lowest BCUT2D eigenvalue weighted by molar-refractivity contribution is -0.143. The number of benzene rings is 2. The van der Waals surface area contributed by atoms with Crippen LogP contribution in [0.2, 0.25) is 5.02 Å². The van der Waals surface area contributed by atoms with Gasteiger partial charge in [0.1, 0.15) is 0 Å². The monoisotopic (exact) mass is 407 g/mol. The van der Waals surface area contributed by atoms with Gasteiger partial charge in [0.2, 0.25) is 0 Å². The van der Waals surface area contributed by atoms with Crippen LogP contribution in [0.1, 0.15) is 21.6 Å². The number of hydrogen-bond donors (Lipinski definition) is 0. The highest BCUT2D eigenvalue weighted by Gasteiger charge is 2.41. The third-order valence-electron chi connectivity index (χ3n) is 4.26. The summed E-state index contributed by atoms with van der Waals surface area (Å²) in [7, 11) is 1.48. The molecule has 3 rings (SSSR count). The van der Waals surface area contributed by atoms with Crippen LogP contribution in [0.15, 0.2) is 60.8 Å². The Morgan fingerprint density at radius 3 is 2.36 bits per heavy atom. The predicted octanol–water partition coefficient (Wildman–Crippen LogP) is 4.86. The predicted molar refractivity (Wildman–Crippen MR) is 101 cm³/mol. The molecule has 1 amide bonds. The smallest absolute Gasteiger partial charge is 0.341 e. The molecule has 8 heteroatoms. The van der Waals surface area contributed by atoms with Crippen molar-refractivity contribution < 1.29 is 18.0 Å². The Morgan fingerprint density at radius 2 is 1.75 bits per heavy atom. The van der Waals surface area contributed by atoms with E-state index in [4.69, 9.17) is 11.6 Å². The summed E-state index contributed by atoms with van der Waals surface area (Å²) < 4.78 is 41.9. The van der Waals surface area contributed by atoms with Crippen LogP contribution in [-0.2, 0) is 12.6 Å². The molecule has 1 heterocycles.